The number of fused-ring (bicyclic) bond motifs is 4. The molecule has 1 aromatic carbocycles. The first-order valence-electron chi connectivity index (χ1n) is 11.5. The van der Waals surface area contributed by atoms with E-state index in [-0.39, 0.29) is 36.6 Å². The molecule has 2 N–H and O–H groups in total. The Labute approximate surface area is 213 Å². The number of ketones is 1. The number of carbonyl (C=O) groups is 1. The van der Waals surface area contributed by atoms with Gasteiger partial charge in [0.15, 0.2) is 15.6 Å². The number of benzene rings is 1. The Kier molecular flexibility index (Phi) is 5.68. The van der Waals surface area contributed by atoms with Crippen LogP contribution in [0.3, 0.4) is 0 Å². The van der Waals surface area contributed by atoms with Gasteiger partial charge >= 0.3 is 0 Å². The number of nitrogens with two attached hydrogens (primary N) is 1. The molecule has 0 amide bonds. The quantitative estimate of drug-likeness (QED) is 0.513. The Balaban J connectivity index is 1.59. The molecule has 5 rings (SSSR count). The van der Waals surface area contributed by atoms with Crippen molar-refractivity contribution in [1.82, 2.24) is 9.38 Å². The van der Waals surface area contributed by atoms with Crippen molar-refractivity contribution >= 4 is 38.7 Å². The first kappa shape index (κ1) is 24.7. The molecule has 2 aliphatic rings. The molecule has 2 aliphatic heterocycles. The normalized spacial score (nSPS) is 24.2. The van der Waals surface area contributed by atoms with Crippen molar-refractivity contribution in [2.45, 2.75) is 49.1 Å². The number of aromatic nitrogens is 2. The summed E-state index contributed by atoms with van der Waals surface area (Å²) in [7, 11) is -3.92. The van der Waals surface area contributed by atoms with Crippen molar-refractivity contribution in [3.05, 3.63) is 64.1 Å². The molecule has 11 heteroatoms. The van der Waals surface area contributed by atoms with Crippen molar-refractivity contribution in [3.63, 3.8) is 0 Å². The predicted molar refractivity (Wildman–Crippen MR) is 136 cm³/mol. The van der Waals surface area contributed by atoms with Gasteiger partial charge in [-0.2, -0.15) is 0 Å². The molecule has 36 heavy (non-hydrogen) atoms. The number of nitrogens with zero attached hydrogens (tertiary/aromatic N) is 3. The molecular weight excluding hydrogens is 507 g/mol. The van der Waals surface area contributed by atoms with Gasteiger partial charge in [-0.05, 0) is 50.6 Å². The minimum absolute atomic E-state index is 0.0315. The van der Waals surface area contributed by atoms with Gasteiger partial charge in [-0.25, -0.2) is 17.8 Å². The van der Waals surface area contributed by atoms with E-state index in [0.29, 0.717) is 33.4 Å². The van der Waals surface area contributed by atoms with Gasteiger partial charge in [-0.3, -0.25) is 9.79 Å². The number of carbonyl (C=O) groups excluding carboxylic acids is 1. The Hall–Kier alpha value is -2.98. The highest BCUT2D eigenvalue weighted by atomic mass is 35.5. The minimum atomic E-state index is -3.92. The number of ether oxygens (including phenoxy) is 1. The number of Topliss-reactive ketones (excluding diaryl/α,β-unsaturated/α-hetero) is 1. The van der Waals surface area contributed by atoms with E-state index in [4.69, 9.17) is 22.1 Å². The summed E-state index contributed by atoms with van der Waals surface area (Å²) in [6.07, 6.45) is 1.73. The Morgan fingerprint density at radius 1 is 1.31 bits per heavy atom. The lowest BCUT2D eigenvalue weighted by atomic mass is 9.84. The van der Waals surface area contributed by atoms with E-state index in [0.717, 1.165) is 0 Å². The second-order valence-electron chi connectivity index (χ2n) is 9.79. The summed E-state index contributed by atoms with van der Waals surface area (Å²) in [4.78, 5) is 22.2. The van der Waals surface area contributed by atoms with E-state index in [1.54, 1.807) is 47.9 Å². The number of amidine groups is 1. The summed E-state index contributed by atoms with van der Waals surface area (Å²) < 4.78 is 48.1. The van der Waals surface area contributed by atoms with Crippen LogP contribution in [0.25, 0.3) is 5.65 Å². The van der Waals surface area contributed by atoms with Gasteiger partial charge in [0.05, 0.1) is 22.6 Å². The summed E-state index contributed by atoms with van der Waals surface area (Å²) in [6, 6.07) is 8.37. The molecule has 0 saturated heterocycles. The van der Waals surface area contributed by atoms with E-state index in [2.05, 4.69) is 9.98 Å². The average molecular weight is 533 g/mol. The molecule has 0 spiro atoms. The van der Waals surface area contributed by atoms with Crippen LogP contribution in [0.5, 0.6) is 5.75 Å². The first-order chi connectivity index (χ1) is 16.9. The van der Waals surface area contributed by atoms with Gasteiger partial charge in [0, 0.05) is 24.6 Å². The minimum Gasteiger partial charge on any atom is -0.493 e. The van der Waals surface area contributed by atoms with Crippen LogP contribution >= 0.6 is 11.6 Å². The lowest BCUT2D eigenvalue weighted by molar-refractivity contribution is 0.0988. The Morgan fingerprint density at radius 2 is 2.06 bits per heavy atom. The van der Waals surface area contributed by atoms with Crippen LogP contribution in [0.1, 0.15) is 47.6 Å². The number of aryl methyl sites for hydroxylation is 1. The molecule has 3 aromatic rings. The van der Waals surface area contributed by atoms with Gasteiger partial charge < -0.3 is 14.9 Å². The number of sulfone groups is 1. The number of halogens is 2. The fraction of sp³-hybridized carbons (Fsp3) is 0.400. The van der Waals surface area contributed by atoms with Gasteiger partial charge in [-0.15, -0.1) is 0 Å². The summed E-state index contributed by atoms with van der Waals surface area (Å²) in [5.41, 5.74) is 6.73. The zero-order valence-electron chi connectivity index (χ0n) is 20.1. The van der Waals surface area contributed by atoms with Crippen LogP contribution in [0.4, 0.5) is 4.39 Å². The summed E-state index contributed by atoms with van der Waals surface area (Å²) >= 11 is 6.08. The van der Waals surface area contributed by atoms with Gasteiger partial charge in [0.1, 0.15) is 39.9 Å². The van der Waals surface area contributed by atoms with E-state index in [1.165, 1.54) is 13.8 Å². The van der Waals surface area contributed by atoms with Gasteiger partial charge in [0.2, 0.25) is 0 Å². The molecule has 8 nitrogen and oxygen atoms in total. The smallest absolute Gasteiger partial charge is 0.187 e. The molecular formula is C25H26ClFN4O4S. The maximum atomic E-state index is 14.9. The second-order valence-corrected chi connectivity index (χ2v) is 12.9. The van der Waals surface area contributed by atoms with E-state index in [1.807, 2.05) is 0 Å². The molecule has 190 valence electrons. The number of imidazole rings is 1. The average Bonchev–Trinajstić information content (AvgIpc) is 3.06. The maximum absolute atomic E-state index is 14.9. The number of rotatable bonds is 4. The Bertz CT molecular complexity index is 1550. The van der Waals surface area contributed by atoms with E-state index < -0.39 is 32.0 Å². The van der Waals surface area contributed by atoms with Crippen LogP contribution in [-0.4, -0.2) is 52.7 Å². The highest BCUT2D eigenvalue weighted by molar-refractivity contribution is 7.94. The largest absolute Gasteiger partial charge is 0.493 e. The summed E-state index contributed by atoms with van der Waals surface area (Å²) in [6.45, 7) is 3.76. The molecule has 0 bridgehead atoms. The Morgan fingerprint density at radius 3 is 2.78 bits per heavy atom. The summed E-state index contributed by atoms with van der Waals surface area (Å²) in [5, 5.41) is -0.640. The molecule has 0 aliphatic carbocycles. The standard InChI is InChI=1S/C25H26ClFN4O4S/c1-14-22(29-21-7-5-16(26)12-31(14)21)18(32)11-15-4-6-19-17(10-15)25(13-27)20(8-9-35-19)36(33,34)24(2,3)23(28)30-25/h4-7,10,12,20H,8-9,11,13H2,1-3H3,(H2,28,30). The third-order valence-corrected chi connectivity index (χ3v) is 10.6. The monoisotopic (exact) mass is 532 g/mol. The third-order valence-electron chi connectivity index (χ3n) is 7.36. The fourth-order valence-electron chi connectivity index (χ4n) is 5.09. The zero-order chi connectivity index (χ0) is 26.0. The van der Waals surface area contributed by atoms with Crippen molar-refractivity contribution in [3.8, 4) is 5.75 Å². The van der Waals surface area contributed by atoms with Crippen LogP contribution < -0.4 is 10.5 Å². The molecule has 2 aromatic heterocycles. The summed E-state index contributed by atoms with van der Waals surface area (Å²) in [5.74, 6) is -0.0610. The van der Waals surface area contributed by atoms with Crippen molar-refractivity contribution in [2.24, 2.45) is 10.7 Å². The molecule has 4 heterocycles. The third kappa shape index (κ3) is 3.45. The number of aliphatic imine (C=N–C) groups is 1. The molecule has 2 unspecified atom stereocenters. The highest BCUT2D eigenvalue weighted by Crippen LogP contribution is 2.48. The first-order valence-corrected chi connectivity index (χ1v) is 13.4. The fourth-order valence-corrected chi connectivity index (χ4v) is 7.46. The highest BCUT2D eigenvalue weighted by Gasteiger charge is 2.59. The maximum Gasteiger partial charge on any atom is 0.187 e. The topological polar surface area (TPSA) is 116 Å². The lowest BCUT2D eigenvalue weighted by Crippen LogP contribution is -2.61. The molecule has 2 atom stereocenters. The van der Waals surface area contributed by atoms with Crippen LogP contribution in [0, 0.1) is 6.92 Å². The van der Waals surface area contributed by atoms with Crippen LogP contribution in [0.2, 0.25) is 5.02 Å². The lowest BCUT2D eigenvalue weighted by Gasteiger charge is -2.43. The van der Waals surface area contributed by atoms with Crippen molar-refractivity contribution in [1.29, 1.82) is 0 Å². The molecule has 0 radical (unpaired) electrons. The van der Waals surface area contributed by atoms with Crippen LogP contribution in [0.15, 0.2) is 41.5 Å². The molecule has 0 saturated carbocycles. The second kappa shape index (κ2) is 8.27. The number of hydrogen-bond donors (Lipinski definition) is 1. The van der Waals surface area contributed by atoms with Gasteiger partial charge in [-0.1, -0.05) is 17.7 Å². The number of alkyl halides is 1. The number of hydrogen-bond acceptors (Lipinski definition) is 7. The van der Waals surface area contributed by atoms with Crippen molar-refractivity contribution < 1.29 is 22.3 Å². The zero-order valence-corrected chi connectivity index (χ0v) is 21.7. The van der Waals surface area contributed by atoms with Gasteiger partial charge in [0.25, 0.3) is 0 Å². The van der Waals surface area contributed by atoms with Crippen LogP contribution in [-0.2, 0) is 21.8 Å². The van der Waals surface area contributed by atoms with Crippen molar-refractivity contribution in [2.75, 3.05) is 13.3 Å². The van der Waals surface area contributed by atoms with E-state index in [9.17, 15) is 17.6 Å². The number of pyridine rings is 1. The predicted octanol–water partition coefficient (Wildman–Crippen LogP) is 3.60. The SMILES string of the molecule is Cc1c(C(=O)Cc2ccc3c(c2)C2(CF)N=C(N)C(C)(C)S(=O)(=O)C2CCO3)nc2ccc(Cl)cn12. The molecule has 0 fully saturated rings. The van der Waals surface area contributed by atoms with E-state index >= 15 is 0 Å².